The van der Waals surface area contributed by atoms with Crippen molar-refractivity contribution in [3.63, 3.8) is 0 Å². The maximum Gasteiger partial charge on any atom is 0.129 e. The first kappa shape index (κ1) is 12.3. The number of hydrogen-bond donors (Lipinski definition) is 1. The quantitative estimate of drug-likeness (QED) is 0.866. The normalized spacial score (nSPS) is 21.4. The Labute approximate surface area is 103 Å². The van der Waals surface area contributed by atoms with Gasteiger partial charge < -0.3 is 5.32 Å². The van der Waals surface area contributed by atoms with Gasteiger partial charge in [-0.3, -0.25) is 4.90 Å². The minimum Gasteiger partial charge on any atom is -0.368 e. The summed E-state index contributed by atoms with van der Waals surface area (Å²) in [6.45, 7) is 7.62. The second kappa shape index (κ2) is 5.96. The highest BCUT2D eigenvalue weighted by atomic mass is 15.2. The second-order valence-electron chi connectivity index (χ2n) is 4.70. The number of hydrogen-bond acceptors (Lipinski definition) is 4. The van der Waals surface area contributed by atoms with Crippen LogP contribution in [0.15, 0.2) is 12.4 Å². The van der Waals surface area contributed by atoms with Crippen molar-refractivity contribution < 1.29 is 0 Å². The summed E-state index contributed by atoms with van der Waals surface area (Å²) in [6.07, 6.45) is 5.61. The number of aryl methyl sites for hydroxylation is 1. The van der Waals surface area contributed by atoms with E-state index in [1.165, 1.54) is 25.8 Å². The van der Waals surface area contributed by atoms with Gasteiger partial charge in [0.25, 0.3) is 0 Å². The number of rotatable bonds is 4. The molecule has 1 unspecified atom stereocenters. The highest BCUT2D eigenvalue weighted by molar-refractivity contribution is 5.34. The monoisotopic (exact) mass is 234 g/mol. The number of aromatic nitrogens is 2. The van der Waals surface area contributed by atoms with Crippen LogP contribution in [0.25, 0.3) is 0 Å². The highest BCUT2D eigenvalue weighted by Crippen LogP contribution is 2.17. The first-order valence-corrected chi connectivity index (χ1v) is 6.56. The van der Waals surface area contributed by atoms with Crippen molar-refractivity contribution in [3.05, 3.63) is 18.1 Å². The van der Waals surface area contributed by atoms with Gasteiger partial charge in [-0.25, -0.2) is 9.97 Å². The molecule has 1 N–H and O–H groups in total. The number of nitrogens with one attached hydrogen (secondary N) is 1. The number of likely N-dealkylation sites (N-methyl/N-ethyl adjacent to an activating group) is 1. The fraction of sp³-hybridized carbons (Fsp3) is 0.692. The van der Waals surface area contributed by atoms with Crippen LogP contribution in [-0.4, -0.2) is 40.5 Å². The Kier molecular flexibility index (Phi) is 4.31. The highest BCUT2D eigenvalue weighted by Gasteiger charge is 2.20. The molecule has 0 bridgehead atoms. The van der Waals surface area contributed by atoms with Crippen molar-refractivity contribution in [1.82, 2.24) is 14.9 Å². The molecule has 1 fully saturated rings. The van der Waals surface area contributed by atoms with Crippen molar-refractivity contribution in [3.8, 4) is 0 Å². The Hall–Kier alpha value is -1.16. The average Bonchev–Trinajstić information content (AvgIpc) is 2.37. The van der Waals surface area contributed by atoms with Gasteiger partial charge in [-0.05, 0) is 32.9 Å². The molecular formula is C13H22N4. The fourth-order valence-electron chi connectivity index (χ4n) is 2.48. The molecule has 1 aromatic heterocycles. The lowest BCUT2D eigenvalue weighted by Gasteiger charge is -2.35. The third-order valence-corrected chi connectivity index (χ3v) is 3.48. The lowest BCUT2D eigenvalue weighted by molar-refractivity contribution is 0.164. The molecular weight excluding hydrogens is 212 g/mol. The summed E-state index contributed by atoms with van der Waals surface area (Å²) in [5, 5.41) is 3.43. The standard InChI is InChI=1S/C13H22N4/c1-3-17-7-5-4-6-12(17)9-14-13-8-11(2)15-10-16-13/h8,10,12H,3-7,9H2,1-2H3,(H,14,15,16). The second-order valence-corrected chi connectivity index (χ2v) is 4.70. The van der Waals surface area contributed by atoms with Gasteiger partial charge in [0.2, 0.25) is 0 Å². The first-order valence-electron chi connectivity index (χ1n) is 6.56. The predicted octanol–water partition coefficient (Wildman–Crippen LogP) is 2.07. The van der Waals surface area contributed by atoms with E-state index in [1.54, 1.807) is 6.33 Å². The first-order chi connectivity index (χ1) is 8.29. The zero-order chi connectivity index (χ0) is 12.1. The van der Waals surface area contributed by atoms with Gasteiger partial charge in [-0.15, -0.1) is 0 Å². The minimum absolute atomic E-state index is 0.657. The van der Waals surface area contributed by atoms with E-state index in [2.05, 4.69) is 27.1 Å². The summed E-state index contributed by atoms with van der Waals surface area (Å²) in [6, 6.07) is 2.66. The van der Waals surface area contributed by atoms with Crippen LogP contribution in [0.1, 0.15) is 31.9 Å². The molecule has 0 radical (unpaired) electrons. The van der Waals surface area contributed by atoms with Crippen LogP contribution in [0, 0.1) is 6.92 Å². The maximum absolute atomic E-state index is 4.23. The molecule has 4 heteroatoms. The Bertz CT molecular complexity index is 353. The molecule has 1 atom stereocenters. The van der Waals surface area contributed by atoms with E-state index in [9.17, 15) is 0 Å². The SMILES string of the molecule is CCN1CCCCC1CNc1cc(C)ncn1. The Morgan fingerprint density at radius 2 is 2.29 bits per heavy atom. The summed E-state index contributed by atoms with van der Waals surface area (Å²) in [4.78, 5) is 10.9. The third-order valence-electron chi connectivity index (χ3n) is 3.48. The van der Waals surface area contributed by atoms with Crippen LogP contribution < -0.4 is 5.32 Å². The maximum atomic E-state index is 4.23. The number of nitrogens with zero attached hydrogens (tertiary/aromatic N) is 3. The van der Waals surface area contributed by atoms with Crippen molar-refractivity contribution in [2.45, 2.75) is 39.2 Å². The summed E-state index contributed by atoms with van der Waals surface area (Å²) in [5.41, 5.74) is 1.01. The summed E-state index contributed by atoms with van der Waals surface area (Å²) in [7, 11) is 0. The molecule has 0 spiro atoms. The van der Waals surface area contributed by atoms with E-state index >= 15 is 0 Å². The summed E-state index contributed by atoms with van der Waals surface area (Å²) in [5.74, 6) is 0.944. The van der Waals surface area contributed by atoms with Gasteiger partial charge in [0.15, 0.2) is 0 Å². The third kappa shape index (κ3) is 3.40. The molecule has 17 heavy (non-hydrogen) atoms. The Morgan fingerprint density at radius 1 is 1.41 bits per heavy atom. The van der Waals surface area contributed by atoms with Crippen LogP contribution >= 0.6 is 0 Å². The molecule has 1 saturated heterocycles. The van der Waals surface area contributed by atoms with Crippen LogP contribution in [0.4, 0.5) is 5.82 Å². The van der Waals surface area contributed by atoms with Crippen molar-refractivity contribution in [2.75, 3.05) is 25.0 Å². The van der Waals surface area contributed by atoms with E-state index in [1.807, 2.05) is 13.0 Å². The van der Waals surface area contributed by atoms with Gasteiger partial charge >= 0.3 is 0 Å². The van der Waals surface area contributed by atoms with Crippen molar-refractivity contribution >= 4 is 5.82 Å². The molecule has 1 aliphatic heterocycles. The van der Waals surface area contributed by atoms with E-state index < -0.39 is 0 Å². The Morgan fingerprint density at radius 3 is 3.06 bits per heavy atom. The minimum atomic E-state index is 0.657. The zero-order valence-electron chi connectivity index (χ0n) is 10.8. The topological polar surface area (TPSA) is 41.0 Å². The molecule has 0 aromatic carbocycles. The van der Waals surface area contributed by atoms with E-state index in [0.29, 0.717) is 6.04 Å². The van der Waals surface area contributed by atoms with E-state index in [-0.39, 0.29) is 0 Å². The number of likely N-dealkylation sites (tertiary alicyclic amines) is 1. The molecule has 1 aliphatic rings. The Balaban J connectivity index is 1.88. The summed E-state index contributed by atoms with van der Waals surface area (Å²) >= 11 is 0. The van der Waals surface area contributed by atoms with Gasteiger partial charge in [0.1, 0.15) is 12.1 Å². The molecule has 4 nitrogen and oxygen atoms in total. The van der Waals surface area contributed by atoms with E-state index in [4.69, 9.17) is 0 Å². The van der Waals surface area contributed by atoms with Gasteiger partial charge in [-0.2, -0.15) is 0 Å². The average molecular weight is 234 g/mol. The van der Waals surface area contributed by atoms with E-state index in [0.717, 1.165) is 24.6 Å². The van der Waals surface area contributed by atoms with Crippen LogP contribution in [0.2, 0.25) is 0 Å². The fourth-order valence-corrected chi connectivity index (χ4v) is 2.48. The largest absolute Gasteiger partial charge is 0.368 e. The van der Waals surface area contributed by atoms with Crippen LogP contribution in [0.3, 0.4) is 0 Å². The lowest BCUT2D eigenvalue weighted by atomic mass is 10.0. The van der Waals surface area contributed by atoms with Crippen molar-refractivity contribution in [2.24, 2.45) is 0 Å². The van der Waals surface area contributed by atoms with Gasteiger partial charge in [-0.1, -0.05) is 13.3 Å². The molecule has 0 aliphatic carbocycles. The van der Waals surface area contributed by atoms with Crippen molar-refractivity contribution in [1.29, 1.82) is 0 Å². The predicted molar refractivity (Wildman–Crippen MR) is 70.1 cm³/mol. The van der Waals surface area contributed by atoms with Gasteiger partial charge in [0.05, 0.1) is 0 Å². The summed E-state index contributed by atoms with van der Waals surface area (Å²) < 4.78 is 0. The molecule has 1 aromatic rings. The smallest absolute Gasteiger partial charge is 0.129 e. The van der Waals surface area contributed by atoms with Crippen LogP contribution in [-0.2, 0) is 0 Å². The van der Waals surface area contributed by atoms with Gasteiger partial charge in [0, 0.05) is 24.3 Å². The number of piperidine rings is 1. The molecule has 2 rings (SSSR count). The lowest BCUT2D eigenvalue weighted by Crippen LogP contribution is -2.43. The molecule has 94 valence electrons. The molecule has 0 amide bonds. The zero-order valence-corrected chi connectivity index (χ0v) is 10.8. The molecule has 2 heterocycles. The van der Waals surface area contributed by atoms with Crippen LogP contribution in [0.5, 0.6) is 0 Å². The molecule has 0 saturated carbocycles. The number of anilines is 1.